The summed E-state index contributed by atoms with van der Waals surface area (Å²) in [6, 6.07) is 2.20. The number of nitrogens with one attached hydrogen (secondary N) is 2. The second-order valence-electron chi connectivity index (χ2n) is 12.4. The van der Waals surface area contributed by atoms with Crippen molar-refractivity contribution in [3.8, 4) is 0 Å². The number of carbonyl (C=O) groups excluding carboxylic acids is 2. The monoisotopic (exact) mass is 575 g/mol. The first-order valence-corrected chi connectivity index (χ1v) is 15.6. The number of aryl methyl sites for hydroxylation is 2. The van der Waals surface area contributed by atoms with Gasteiger partial charge in [-0.1, -0.05) is 6.42 Å². The van der Waals surface area contributed by atoms with E-state index in [4.69, 9.17) is 0 Å². The Morgan fingerprint density at radius 3 is 2.73 bits per heavy atom. The predicted octanol–water partition coefficient (Wildman–Crippen LogP) is 3.53. The van der Waals surface area contributed by atoms with Gasteiger partial charge in [0.2, 0.25) is 5.91 Å². The first-order chi connectivity index (χ1) is 19.8. The molecule has 0 aromatic carbocycles. The van der Waals surface area contributed by atoms with Crippen molar-refractivity contribution in [3.05, 3.63) is 44.4 Å². The topological polar surface area (TPSA) is 112 Å². The minimum Gasteiger partial charge on any atom is -0.341 e. The summed E-state index contributed by atoms with van der Waals surface area (Å²) in [6.45, 7) is 3.52. The number of fused-ring (bicyclic) bond motifs is 5. The van der Waals surface area contributed by atoms with Crippen LogP contribution in [0.5, 0.6) is 0 Å². The van der Waals surface area contributed by atoms with Crippen molar-refractivity contribution in [1.29, 1.82) is 0 Å². The predicted molar refractivity (Wildman–Crippen MR) is 159 cm³/mol. The molecule has 2 amide bonds. The molecular formula is C30H37N7O3S. The van der Waals surface area contributed by atoms with Crippen LogP contribution in [0.4, 0.5) is 11.5 Å². The lowest BCUT2D eigenvalue weighted by molar-refractivity contribution is -0.134. The third-order valence-corrected chi connectivity index (χ3v) is 10.9. The van der Waals surface area contributed by atoms with Gasteiger partial charge in [0.1, 0.15) is 34.0 Å². The van der Waals surface area contributed by atoms with Crippen molar-refractivity contribution in [1.82, 2.24) is 29.7 Å². The van der Waals surface area contributed by atoms with Crippen molar-refractivity contribution < 1.29 is 9.59 Å². The Hall–Kier alpha value is -3.31. The van der Waals surface area contributed by atoms with E-state index in [1.807, 2.05) is 11.8 Å². The zero-order chi connectivity index (χ0) is 28.5. The van der Waals surface area contributed by atoms with Crippen LogP contribution in [0, 0.1) is 12.8 Å². The summed E-state index contributed by atoms with van der Waals surface area (Å²) in [6.07, 6.45) is 9.45. The van der Waals surface area contributed by atoms with E-state index in [2.05, 4.69) is 39.6 Å². The molecule has 11 heteroatoms. The summed E-state index contributed by atoms with van der Waals surface area (Å²) >= 11 is 1.63. The normalized spacial score (nSPS) is 23.2. The molecule has 1 saturated carbocycles. The van der Waals surface area contributed by atoms with Crippen LogP contribution in [0.25, 0.3) is 10.2 Å². The Morgan fingerprint density at radius 1 is 1.17 bits per heavy atom. The van der Waals surface area contributed by atoms with Gasteiger partial charge in [-0.3, -0.25) is 19.0 Å². The fourth-order valence-corrected chi connectivity index (χ4v) is 8.77. The lowest BCUT2D eigenvalue weighted by Crippen LogP contribution is -2.48. The quantitative estimate of drug-likeness (QED) is 0.490. The lowest BCUT2D eigenvalue weighted by atomic mass is 9.87. The van der Waals surface area contributed by atoms with Crippen LogP contribution in [-0.4, -0.2) is 69.4 Å². The summed E-state index contributed by atoms with van der Waals surface area (Å²) in [5, 5.41) is 7.45. The highest BCUT2D eigenvalue weighted by Crippen LogP contribution is 2.42. The molecular weight excluding hydrogens is 538 g/mol. The van der Waals surface area contributed by atoms with E-state index in [9.17, 15) is 14.4 Å². The second-order valence-corrected chi connectivity index (χ2v) is 13.5. The number of amides is 2. The SMILES string of the molecule is Cc1cc(Nc2ncnc3sc4c(c23)CC[C@H](C(=O)N2CC[C@H](N(C)C)C2)C4)c(=O)n2c1C(=O)NC21CCCCC1. The number of hydrogen-bond donors (Lipinski definition) is 2. The summed E-state index contributed by atoms with van der Waals surface area (Å²) in [5.74, 6) is 0.696. The summed E-state index contributed by atoms with van der Waals surface area (Å²) in [4.78, 5) is 55.8. The molecule has 1 spiro atoms. The number of pyridine rings is 1. The Labute approximate surface area is 243 Å². The molecule has 10 nitrogen and oxygen atoms in total. The molecule has 41 heavy (non-hydrogen) atoms. The standard InChI is InChI=1S/C30H37N7O3S/c1-17-13-21(29(40)37-24(17)26(38)34-30(37)10-5-4-6-11-30)33-25-23-20-8-7-18(14-22(20)41-27(23)32-16-31-25)28(39)36-12-9-19(15-36)35(2)3/h13,16,18-19H,4-12,14-15H2,1-3H3,(H,34,38)(H,31,32,33)/t18-,19-/m0/s1. The molecule has 3 aromatic heterocycles. The molecule has 2 fully saturated rings. The van der Waals surface area contributed by atoms with Gasteiger partial charge in [-0.2, -0.15) is 0 Å². The van der Waals surface area contributed by atoms with E-state index in [1.54, 1.807) is 22.0 Å². The molecule has 2 atom stereocenters. The van der Waals surface area contributed by atoms with Gasteiger partial charge in [0.15, 0.2) is 0 Å². The van der Waals surface area contributed by atoms with E-state index in [-0.39, 0.29) is 23.3 Å². The Morgan fingerprint density at radius 2 is 1.98 bits per heavy atom. The molecule has 2 aliphatic carbocycles. The van der Waals surface area contributed by atoms with E-state index in [1.165, 1.54) is 16.8 Å². The summed E-state index contributed by atoms with van der Waals surface area (Å²) in [5.41, 5.74) is 1.99. The molecule has 2 N–H and O–H groups in total. The maximum absolute atomic E-state index is 13.9. The van der Waals surface area contributed by atoms with E-state index >= 15 is 0 Å². The largest absolute Gasteiger partial charge is 0.341 e. The van der Waals surface area contributed by atoms with Gasteiger partial charge < -0.3 is 20.4 Å². The molecule has 0 bridgehead atoms. The first kappa shape index (κ1) is 26.6. The molecule has 4 aliphatic rings. The van der Waals surface area contributed by atoms with Crippen LogP contribution in [0.3, 0.4) is 0 Å². The zero-order valence-corrected chi connectivity index (χ0v) is 24.8. The molecule has 216 valence electrons. The zero-order valence-electron chi connectivity index (χ0n) is 24.0. The van der Waals surface area contributed by atoms with Gasteiger partial charge in [0.05, 0.1) is 5.39 Å². The molecule has 2 aliphatic heterocycles. The lowest BCUT2D eigenvalue weighted by Gasteiger charge is -2.35. The molecule has 1 saturated heterocycles. The number of carbonyl (C=O) groups is 2. The second kappa shape index (κ2) is 9.90. The Kier molecular flexibility index (Phi) is 6.42. The van der Waals surface area contributed by atoms with Crippen LogP contribution in [-0.2, 0) is 23.3 Å². The number of likely N-dealkylation sites (tertiary alicyclic amines) is 1. The van der Waals surface area contributed by atoms with Gasteiger partial charge in [-0.25, -0.2) is 9.97 Å². The van der Waals surface area contributed by atoms with Crippen molar-refractivity contribution in [3.63, 3.8) is 0 Å². The molecule has 5 heterocycles. The highest BCUT2D eigenvalue weighted by atomic mass is 32.1. The molecule has 0 radical (unpaired) electrons. The van der Waals surface area contributed by atoms with Gasteiger partial charge in [0, 0.05) is 29.9 Å². The van der Waals surface area contributed by atoms with Crippen molar-refractivity contribution >= 4 is 44.9 Å². The van der Waals surface area contributed by atoms with E-state index in [0.29, 0.717) is 29.7 Å². The number of likely N-dealkylation sites (N-methyl/N-ethyl adjacent to an activating group) is 1. The van der Waals surface area contributed by atoms with Crippen LogP contribution >= 0.6 is 11.3 Å². The van der Waals surface area contributed by atoms with E-state index in [0.717, 1.165) is 80.2 Å². The van der Waals surface area contributed by atoms with Gasteiger partial charge >= 0.3 is 0 Å². The maximum Gasteiger partial charge on any atom is 0.276 e. The van der Waals surface area contributed by atoms with Crippen LogP contribution < -0.4 is 16.2 Å². The minimum absolute atomic E-state index is 0.0124. The number of rotatable bonds is 4. The maximum atomic E-state index is 13.9. The fourth-order valence-electron chi connectivity index (χ4n) is 7.50. The molecule has 0 unspecified atom stereocenters. The van der Waals surface area contributed by atoms with Crippen LogP contribution in [0.15, 0.2) is 17.2 Å². The third kappa shape index (κ3) is 4.27. The Bertz CT molecular complexity index is 1620. The van der Waals surface area contributed by atoms with Crippen molar-refractivity contribution in [2.75, 3.05) is 32.5 Å². The van der Waals surface area contributed by atoms with Crippen molar-refractivity contribution in [2.45, 2.75) is 76.4 Å². The minimum atomic E-state index is -0.643. The first-order valence-electron chi connectivity index (χ1n) is 14.8. The van der Waals surface area contributed by atoms with Gasteiger partial charge in [0.25, 0.3) is 11.5 Å². The molecule has 7 rings (SSSR count). The van der Waals surface area contributed by atoms with Gasteiger partial charge in [-0.15, -0.1) is 11.3 Å². The molecule has 3 aromatic rings. The number of aromatic nitrogens is 3. The van der Waals surface area contributed by atoms with E-state index < -0.39 is 5.66 Å². The highest BCUT2D eigenvalue weighted by Gasteiger charge is 2.45. The smallest absolute Gasteiger partial charge is 0.276 e. The summed E-state index contributed by atoms with van der Waals surface area (Å²) in [7, 11) is 4.16. The van der Waals surface area contributed by atoms with Gasteiger partial charge in [-0.05, 0) is 89.6 Å². The number of thiophene rings is 1. The van der Waals surface area contributed by atoms with Crippen LogP contribution in [0.2, 0.25) is 0 Å². The average Bonchev–Trinajstić information content (AvgIpc) is 3.66. The average molecular weight is 576 g/mol. The van der Waals surface area contributed by atoms with Crippen molar-refractivity contribution in [2.24, 2.45) is 5.92 Å². The van der Waals surface area contributed by atoms with Crippen LogP contribution in [0.1, 0.15) is 71.4 Å². The highest BCUT2D eigenvalue weighted by molar-refractivity contribution is 7.19. The summed E-state index contributed by atoms with van der Waals surface area (Å²) < 4.78 is 1.71. The number of hydrogen-bond acceptors (Lipinski definition) is 8. The fraction of sp³-hybridized carbons (Fsp3) is 0.567. The Balaban J connectivity index is 1.20. The third-order valence-electron chi connectivity index (χ3n) is 9.71. The number of nitrogens with zero attached hydrogens (tertiary/aromatic N) is 5. The number of anilines is 2.